The zero-order chi connectivity index (χ0) is 32.3. The Hall–Kier alpha value is -4.74. The number of piperidine rings is 1. The van der Waals surface area contributed by atoms with Crippen molar-refractivity contribution in [3.8, 4) is 5.69 Å². The maximum Gasteiger partial charge on any atom is 0.268 e. The summed E-state index contributed by atoms with van der Waals surface area (Å²) in [6.45, 7) is 10.2. The molecule has 1 aliphatic heterocycles. The topological polar surface area (TPSA) is 132 Å². The normalized spacial score (nSPS) is 15.0. The first-order valence-electron chi connectivity index (χ1n) is 15.6. The van der Waals surface area contributed by atoms with Crippen molar-refractivity contribution in [2.45, 2.75) is 57.4 Å². The van der Waals surface area contributed by atoms with E-state index in [0.717, 1.165) is 57.9 Å². The number of nitrogens with one attached hydrogen (secondary N) is 1. The van der Waals surface area contributed by atoms with Gasteiger partial charge in [-0.05, 0) is 114 Å². The lowest BCUT2D eigenvalue weighted by Crippen LogP contribution is -2.37. The average molecular weight is 636 g/mol. The lowest BCUT2D eigenvalue weighted by Gasteiger charge is -2.34. The lowest BCUT2D eigenvalue weighted by molar-refractivity contribution is 0.103. The van der Waals surface area contributed by atoms with Crippen molar-refractivity contribution in [1.29, 1.82) is 0 Å². The highest BCUT2D eigenvalue weighted by Crippen LogP contribution is 2.34. The summed E-state index contributed by atoms with van der Waals surface area (Å²) in [4.78, 5) is 24.5. The standard InChI is InChI=1S/C35H37N7O3S/c1-21(2)40-15-13-24(14-16-40)25-7-12-32-26(17-25)18-33(42(32)46(44,45)28-9-5-22(3)6-10-28)34(43)29-20-37-41(35(29)36)27-8-11-30-31(19-27)39-23(4)38-30/h5-12,17-21,24H,13-16,36H2,1-4H3,(H,38,39). The van der Waals surface area contributed by atoms with Crippen LogP contribution < -0.4 is 5.73 Å². The number of H-pyrrole nitrogens is 1. The number of rotatable bonds is 7. The van der Waals surface area contributed by atoms with E-state index in [1.54, 1.807) is 30.3 Å². The summed E-state index contributed by atoms with van der Waals surface area (Å²) >= 11 is 0. The maximum atomic E-state index is 14.3. The van der Waals surface area contributed by atoms with Gasteiger partial charge in [0, 0.05) is 11.4 Å². The highest BCUT2D eigenvalue weighted by atomic mass is 32.2. The van der Waals surface area contributed by atoms with Gasteiger partial charge in [0.25, 0.3) is 10.0 Å². The maximum absolute atomic E-state index is 14.3. The fraction of sp³-hybridized carbons (Fsp3) is 0.286. The molecule has 10 nitrogen and oxygen atoms in total. The number of nitrogens with zero attached hydrogens (tertiary/aromatic N) is 5. The second kappa shape index (κ2) is 11.3. The van der Waals surface area contributed by atoms with Crippen LogP contribution in [-0.4, -0.2) is 62.0 Å². The molecule has 0 spiro atoms. The smallest absolute Gasteiger partial charge is 0.268 e. The van der Waals surface area contributed by atoms with Crippen molar-refractivity contribution in [2.24, 2.45) is 0 Å². The molecular weight excluding hydrogens is 598 g/mol. The fourth-order valence-corrected chi connectivity index (χ4v) is 8.09. The summed E-state index contributed by atoms with van der Waals surface area (Å²) in [7, 11) is -4.15. The third-order valence-electron chi connectivity index (χ3n) is 9.18. The molecule has 4 heterocycles. The van der Waals surface area contributed by atoms with Crippen LogP contribution in [0.5, 0.6) is 0 Å². The zero-order valence-corrected chi connectivity index (χ0v) is 27.2. The van der Waals surface area contributed by atoms with Gasteiger partial charge in [-0.15, -0.1) is 0 Å². The highest BCUT2D eigenvalue weighted by Gasteiger charge is 2.30. The molecule has 6 aromatic rings. The molecule has 0 saturated carbocycles. The van der Waals surface area contributed by atoms with Gasteiger partial charge in [-0.3, -0.25) is 4.79 Å². The molecule has 46 heavy (non-hydrogen) atoms. The average Bonchev–Trinajstić information content (AvgIpc) is 3.74. The van der Waals surface area contributed by atoms with E-state index < -0.39 is 15.8 Å². The second-order valence-corrected chi connectivity index (χ2v) is 14.3. The van der Waals surface area contributed by atoms with Crippen LogP contribution in [0.3, 0.4) is 0 Å². The molecule has 1 aliphatic rings. The number of ketones is 1. The van der Waals surface area contributed by atoms with Gasteiger partial charge in [-0.2, -0.15) is 5.10 Å². The predicted molar refractivity (Wildman–Crippen MR) is 180 cm³/mol. The first-order valence-corrected chi connectivity index (χ1v) is 17.0. The van der Waals surface area contributed by atoms with Crippen LogP contribution in [0.15, 0.2) is 77.8 Å². The number of aryl methyl sites for hydroxylation is 2. The summed E-state index contributed by atoms with van der Waals surface area (Å²) in [5.41, 5.74) is 11.5. The minimum absolute atomic E-state index is 0.00764. The third-order valence-corrected chi connectivity index (χ3v) is 10.9. The van der Waals surface area contributed by atoms with E-state index >= 15 is 0 Å². The van der Waals surface area contributed by atoms with E-state index in [2.05, 4.69) is 33.8 Å². The Balaban J connectivity index is 1.32. The summed E-state index contributed by atoms with van der Waals surface area (Å²) in [5, 5.41) is 5.12. The number of nitrogen functional groups attached to an aromatic ring is 1. The lowest BCUT2D eigenvalue weighted by atomic mass is 9.88. The Morgan fingerprint density at radius 3 is 2.43 bits per heavy atom. The molecule has 7 rings (SSSR count). The largest absolute Gasteiger partial charge is 0.383 e. The van der Waals surface area contributed by atoms with Crippen LogP contribution in [-0.2, 0) is 10.0 Å². The van der Waals surface area contributed by atoms with E-state index in [0.29, 0.717) is 28.6 Å². The number of aromatic nitrogens is 5. The monoisotopic (exact) mass is 635 g/mol. The summed E-state index contributed by atoms with van der Waals surface area (Å²) in [6, 6.07) is 20.2. The van der Waals surface area contributed by atoms with Gasteiger partial charge in [0.2, 0.25) is 5.78 Å². The summed E-state index contributed by atoms with van der Waals surface area (Å²) in [6.07, 6.45) is 3.45. The second-order valence-electron chi connectivity index (χ2n) is 12.5. The van der Waals surface area contributed by atoms with E-state index in [-0.39, 0.29) is 22.0 Å². The first-order chi connectivity index (χ1) is 22.0. The van der Waals surface area contributed by atoms with Crippen molar-refractivity contribution < 1.29 is 13.2 Å². The van der Waals surface area contributed by atoms with Gasteiger partial charge in [0.05, 0.1) is 38.9 Å². The summed E-state index contributed by atoms with van der Waals surface area (Å²) < 4.78 is 31.1. The van der Waals surface area contributed by atoms with Gasteiger partial charge in [-0.25, -0.2) is 22.1 Å². The van der Waals surface area contributed by atoms with Crippen LogP contribution in [0.1, 0.15) is 65.6 Å². The van der Waals surface area contributed by atoms with Gasteiger partial charge < -0.3 is 15.6 Å². The van der Waals surface area contributed by atoms with E-state index in [4.69, 9.17) is 5.73 Å². The molecule has 1 fully saturated rings. The SMILES string of the molecule is Cc1ccc(S(=O)(=O)n2c(C(=O)c3cnn(-c4ccc5nc(C)[nH]c5c4)c3N)cc3cc(C4CCN(C(C)C)CC4)ccc32)cc1. The molecule has 0 aliphatic carbocycles. The molecule has 3 aromatic carbocycles. The number of benzene rings is 3. The molecule has 11 heteroatoms. The van der Waals surface area contributed by atoms with Crippen molar-refractivity contribution in [3.05, 3.63) is 101 Å². The predicted octanol–water partition coefficient (Wildman–Crippen LogP) is 5.96. The number of nitrogens with two attached hydrogens (primary N) is 1. The van der Waals surface area contributed by atoms with Crippen molar-refractivity contribution >= 4 is 43.6 Å². The van der Waals surface area contributed by atoms with E-state index in [1.165, 1.54) is 10.9 Å². The first kappa shape index (κ1) is 29.9. The van der Waals surface area contributed by atoms with Crippen molar-refractivity contribution in [2.75, 3.05) is 18.8 Å². The molecule has 236 valence electrons. The van der Waals surface area contributed by atoms with Crippen LogP contribution >= 0.6 is 0 Å². The molecule has 3 aromatic heterocycles. The molecule has 0 unspecified atom stereocenters. The van der Waals surface area contributed by atoms with Gasteiger partial charge >= 0.3 is 0 Å². The molecular formula is C35H37N7O3S. The van der Waals surface area contributed by atoms with Gasteiger partial charge in [0.15, 0.2) is 0 Å². The number of aromatic amines is 1. The Morgan fingerprint density at radius 2 is 1.72 bits per heavy atom. The number of carbonyl (C=O) groups excluding carboxylic acids is 1. The number of hydrogen-bond acceptors (Lipinski definition) is 7. The van der Waals surface area contributed by atoms with Crippen molar-refractivity contribution in [3.63, 3.8) is 0 Å². The van der Waals surface area contributed by atoms with Gasteiger partial charge in [-0.1, -0.05) is 23.8 Å². The number of likely N-dealkylation sites (tertiary alicyclic amines) is 1. The van der Waals surface area contributed by atoms with Crippen LogP contribution in [0.2, 0.25) is 0 Å². The van der Waals surface area contributed by atoms with E-state index in [1.807, 2.05) is 50.2 Å². The third kappa shape index (κ3) is 5.09. The molecule has 0 bridgehead atoms. The number of fused-ring (bicyclic) bond motifs is 2. The van der Waals surface area contributed by atoms with Crippen LogP contribution in [0.25, 0.3) is 27.6 Å². The molecule has 3 N–H and O–H groups in total. The van der Waals surface area contributed by atoms with E-state index in [9.17, 15) is 13.2 Å². The fourth-order valence-electron chi connectivity index (χ4n) is 6.58. The quantitative estimate of drug-likeness (QED) is 0.207. The number of imidazole rings is 1. The van der Waals surface area contributed by atoms with Gasteiger partial charge in [0.1, 0.15) is 17.3 Å². The molecule has 0 amide bonds. The van der Waals surface area contributed by atoms with Crippen LogP contribution in [0.4, 0.5) is 5.82 Å². The van der Waals surface area contributed by atoms with Crippen LogP contribution in [0, 0.1) is 13.8 Å². The number of hydrogen-bond donors (Lipinski definition) is 2. The Bertz CT molecular complexity index is 2220. The molecule has 1 saturated heterocycles. The minimum Gasteiger partial charge on any atom is -0.383 e. The Kier molecular flexibility index (Phi) is 7.32. The number of carbonyl (C=O) groups is 1. The number of anilines is 1. The Labute approximate surface area is 267 Å². The molecule has 0 atom stereocenters. The van der Waals surface area contributed by atoms with Crippen molar-refractivity contribution in [1.82, 2.24) is 28.6 Å². The molecule has 0 radical (unpaired) electrons. The Morgan fingerprint density at radius 1 is 0.978 bits per heavy atom. The zero-order valence-electron chi connectivity index (χ0n) is 26.4. The minimum atomic E-state index is -4.15. The highest BCUT2D eigenvalue weighted by molar-refractivity contribution is 7.90. The summed E-state index contributed by atoms with van der Waals surface area (Å²) in [5.74, 6) is 0.729.